The largest absolute Gasteiger partial charge is 0.366 e. The number of hydrogen-bond donors (Lipinski definition) is 2. The Morgan fingerprint density at radius 1 is 1.08 bits per heavy atom. The van der Waals surface area contributed by atoms with Gasteiger partial charge in [0.15, 0.2) is 0 Å². The van der Waals surface area contributed by atoms with Gasteiger partial charge in [-0.25, -0.2) is 0 Å². The second-order valence-corrected chi connectivity index (χ2v) is 6.86. The highest BCUT2D eigenvalue weighted by Gasteiger charge is 2.27. The fraction of sp³-hybridized carbons (Fsp3) is 0.409. The molecule has 138 valence electrons. The van der Waals surface area contributed by atoms with E-state index in [1.807, 2.05) is 12.1 Å². The maximum Gasteiger partial charge on any atom is 0.249 e. The van der Waals surface area contributed by atoms with Gasteiger partial charge in [0.2, 0.25) is 5.91 Å². The molecule has 1 fully saturated rings. The fourth-order valence-electron chi connectivity index (χ4n) is 4.03. The van der Waals surface area contributed by atoms with Gasteiger partial charge in [0.05, 0.1) is 0 Å². The maximum absolute atomic E-state index is 12.1. The van der Waals surface area contributed by atoms with Crippen molar-refractivity contribution in [2.24, 2.45) is 5.73 Å². The van der Waals surface area contributed by atoms with E-state index in [1.165, 1.54) is 16.9 Å². The van der Waals surface area contributed by atoms with Crippen molar-refractivity contribution in [3.8, 4) is 0 Å². The van der Waals surface area contributed by atoms with E-state index in [1.54, 1.807) is 0 Å². The third kappa shape index (κ3) is 3.61. The number of nitrogens with two attached hydrogens (primary N) is 1. The van der Waals surface area contributed by atoms with Crippen LogP contribution in [0.3, 0.4) is 0 Å². The van der Waals surface area contributed by atoms with Crippen molar-refractivity contribution in [1.82, 2.24) is 5.32 Å². The van der Waals surface area contributed by atoms with E-state index in [2.05, 4.69) is 54.4 Å². The number of para-hydroxylation sites is 1. The first-order valence-electron chi connectivity index (χ1n) is 9.66. The molecule has 0 bridgehead atoms. The summed E-state index contributed by atoms with van der Waals surface area (Å²) in [5, 5.41) is 3.46. The molecular formula is C22H29N3O. The van der Waals surface area contributed by atoms with Crippen molar-refractivity contribution in [2.75, 3.05) is 18.0 Å². The van der Waals surface area contributed by atoms with Gasteiger partial charge in [-0.15, -0.1) is 0 Å². The second kappa shape index (κ2) is 8.37. The Kier molecular flexibility index (Phi) is 5.94. The van der Waals surface area contributed by atoms with Crippen LogP contribution in [0.2, 0.25) is 0 Å². The maximum atomic E-state index is 12.1. The van der Waals surface area contributed by atoms with Gasteiger partial charge in [-0.2, -0.15) is 0 Å². The second-order valence-electron chi connectivity index (χ2n) is 6.86. The van der Waals surface area contributed by atoms with E-state index in [0.29, 0.717) is 11.6 Å². The summed E-state index contributed by atoms with van der Waals surface area (Å²) in [5.41, 5.74) is 11.1. The number of piperidine rings is 1. The van der Waals surface area contributed by atoms with Crippen LogP contribution >= 0.6 is 0 Å². The summed E-state index contributed by atoms with van der Waals surface area (Å²) < 4.78 is 0. The van der Waals surface area contributed by atoms with Crippen LogP contribution in [0.15, 0.2) is 42.5 Å². The van der Waals surface area contributed by atoms with Crippen LogP contribution in [0, 0.1) is 0 Å². The number of anilines is 2. The average molecular weight is 351 g/mol. The van der Waals surface area contributed by atoms with Gasteiger partial charge in [-0.3, -0.25) is 4.79 Å². The van der Waals surface area contributed by atoms with Crippen molar-refractivity contribution in [3.05, 3.63) is 59.2 Å². The van der Waals surface area contributed by atoms with Gasteiger partial charge in [0.1, 0.15) is 0 Å². The summed E-state index contributed by atoms with van der Waals surface area (Å²) in [6.07, 6.45) is 3.88. The highest BCUT2D eigenvalue weighted by Crippen LogP contribution is 2.38. The fourth-order valence-corrected chi connectivity index (χ4v) is 4.03. The number of primary amides is 1. The van der Waals surface area contributed by atoms with Crippen LogP contribution in [-0.2, 0) is 12.8 Å². The zero-order chi connectivity index (χ0) is 18.5. The minimum absolute atomic E-state index is 0.343. The zero-order valence-corrected chi connectivity index (χ0v) is 15.8. The van der Waals surface area contributed by atoms with Gasteiger partial charge in [0.25, 0.3) is 0 Å². The molecule has 26 heavy (non-hydrogen) atoms. The highest BCUT2D eigenvalue weighted by molar-refractivity contribution is 5.97. The Balaban J connectivity index is 2.22. The van der Waals surface area contributed by atoms with Crippen molar-refractivity contribution in [1.29, 1.82) is 0 Å². The Bertz CT molecular complexity index is 751. The first kappa shape index (κ1) is 18.5. The van der Waals surface area contributed by atoms with Gasteiger partial charge >= 0.3 is 0 Å². The molecule has 0 spiro atoms. The van der Waals surface area contributed by atoms with Crippen molar-refractivity contribution in [3.63, 3.8) is 0 Å². The van der Waals surface area contributed by atoms with E-state index in [9.17, 15) is 4.79 Å². The Morgan fingerprint density at radius 3 is 2.35 bits per heavy atom. The molecular weight excluding hydrogens is 322 g/mol. The summed E-state index contributed by atoms with van der Waals surface area (Å²) in [5.74, 6) is -0.343. The summed E-state index contributed by atoms with van der Waals surface area (Å²) in [4.78, 5) is 14.5. The standard InChI is InChI=1S/C22H29N3O/c1-3-16-10-11-20(22(23)26)19(4-2)21(16)25(17-8-6-5-7-9-17)18-12-14-24-15-13-18/h5-11,18,24H,3-4,12-15H2,1-2H3,(H2,23,26). The molecule has 2 aromatic rings. The first-order valence-corrected chi connectivity index (χ1v) is 9.66. The molecule has 0 radical (unpaired) electrons. The van der Waals surface area contributed by atoms with Crippen LogP contribution in [0.1, 0.15) is 48.2 Å². The number of nitrogens with one attached hydrogen (secondary N) is 1. The predicted octanol–water partition coefficient (Wildman–Crippen LogP) is 3.80. The van der Waals surface area contributed by atoms with E-state index >= 15 is 0 Å². The van der Waals surface area contributed by atoms with E-state index in [4.69, 9.17) is 5.73 Å². The smallest absolute Gasteiger partial charge is 0.249 e. The topological polar surface area (TPSA) is 58.4 Å². The number of aryl methyl sites for hydroxylation is 1. The molecule has 4 nitrogen and oxygen atoms in total. The summed E-state index contributed by atoms with van der Waals surface area (Å²) >= 11 is 0. The zero-order valence-electron chi connectivity index (χ0n) is 15.8. The number of amides is 1. The van der Waals surface area contributed by atoms with Gasteiger partial charge in [0, 0.05) is 23.0 Å². The molecule has 2 aromatic carbocycles. The predicted molar refractivity (Wildman–Crippen MR) is 108 cm³/mol. The minimum Gasteiger partial charge on any atom is -0.366 e. The van der Waals surface area contributed by atoms with Gasteiger partial charge in [-0.1, -0.05) is 38.1 Å². The summed E-state index contributed by atoms with van der Waals surface area (Å²) in [6, 6.07) is 14.9. The number of nitrogens with zero attached hydrogens (tertiary/aromatic N) is 1. The van der Waals surface area contributed by atoms with E-state index in [0.717, 1.165) is 44.3 Å². The number of carbonyl (C=O) groups is 1. The molecule has 0 atom stereocenters. The number of hydrogen-bond acceptors (Lipinski definition) is 3. The third-order valence-electron chi connectivity index (χ3n) is 5.32. The highest BCUT2D eigenvalue weighted by atomic mass is 16.1. The number of benzene rings is 2. The molecule has 0 aliphatic carbocycles. The number of carbonyl (C=O) groups excluding carboxylic acids is 1. The van der Waals surface area contributed by atoms with Crippen LogP contribution in [-0.4, -0.2) is 25.0 Å². The van der Waals surface area contributed by atoms with Crippen LogP contribution < -0.4 is 16.0 Å². The Morgan fingerprint density at radius 2 is 1.77 bits per heavy atom. The molecule has 3 rings (SSSR count). The summed E-state index contributed by atoms with van der Waals surface area (Å²) in [6.45, 7) is 6.32. The molecule has 4 heteroatoms. The molecule has 1 saturated heterocycles. The SMILES string of the molecule is CCc1ccc(C(N)=O)c(CC)c1N(c1ccccc1)C1CCNCC1. The molecule has 0 unspecified atom stereocenters. The van der Waals surface area contributed by atoms with Gasteiger partial charge < -0.3 is 16.0 Å². The molecule has 1 amide bonds. The first-order chi connectivity index (χ1) is 12.7. The Hall–Kier alpha value is -2.33. The molecule has 0 saturated carbocycles. The lowest BCUT2D eigenvalue weighted by Gasteiger charge is -2.39. The Labute approximate surface area is 156 Å². The van der Waals surface area contributed by atoms with Crippen LogP contribution in [0.25, 0.3) is 0 Å². The quantitative estimate of drug-likeness (QED) is 0.832. The van der Waals surface area contributed by atoms with E-state index in [-0.39, 0.29) is 5.91 Å². The number of rotatable bonds is 6. The monoisotopic (exact) mass is 351 g/mol. The lowest BCUT2D eigenvalue weighted by atomic mass is 9.93. The molecule has 1 aliphatic rings. The molecule has 3 N–H and O–H groups in total. The third-order valence-corrected chi connectivity index (χ3v) is 5.32. The lowest BCUT2D eigenvalue weighted by Crippen LogP contribution is -2.41. The van der Waals surface area contributed by atoms with Crippen molar-refractivity contribution < 1.29 is 4.79 Å². The van der Waals surface area contributed by atoms with Crippen molar-refractivity contribution >= 4 is 17.3 Å². The lowest BCUT2D eigenvalue weighted by molar-refractivity contribution is 0.0999. The molecule has 0 aromatic heterocycles. The minimum atomic E-state index is -0.343. The van der Waals surface area contributed by atoms with Crippen LogP contribution in [0.5, 0.6) is 0 Å². The molecule has 1 aliphatic heterocycles. The van der Waals surface area contributed by atoms with Gasteiger partial charge in [-0.05, 0) is 68.1 Å². The average Bonchev–Trinajstić information content (AvgIpc) is 2.69. The normalized spacial score (nSPS) is 15.0. The van der Waals surface area contributed by atoms with Crippen LogP contribution in [0.4, 0.5) is 11.4 Å². The van der Waals surface area contributed by atoms with E-state index < -0.39 is 0 Å². The van der Waals surface area contributed by atoms with Crippen molar-refractivity contribution in [2.45, 2.75) is 45.6 Å². The summed E-state index contributed by atoms with van der Waals surface area (Å²) in [7, 11) is 0. The molecule has 1 heterocycles.